The highest BCUT2D eigenvalue weighted by Gasteiger charge is 2.52. The van der Waals surface area contributed by atoms with Crippen molar-refractivity contribution < 1.29 is 14.6 Å². The molecule has 0 aliphatic carbocycles. The quantitative estimate of drug-likeness (QED) is 0.907. The molecular weight excluding hydrogens is 240 g/mol. The fraction of sp³-hybridized carbons (Fsp3) is 0.562. The Labute approximate surface area is 114 Å². The fourth-order valence-corrected chi connectivity index (χ4v) is 3.36. The first-order chi connectivity index (χ1) is 8.88. The van der Waals surface area contributed by atoms with Gasteiger partial charge in [-0.3, -0.25) is 4.79 Å². The van der Waals surface area contributed by atoms with Crippen LogP contribution in [0.3, 0.4) is 0 Å². The van der Waals surface area contributed by atoms with Gasteiger partial charge >= 0.3 is 5.97 Å². The molecule has 19 heavy (non-hydrogen) atoms. The summed E-state index contributed by atoms with van der Waals surface area (Å²) in [6.45, 7) is 9.07. The molecule has 104 valence electrons. The summed E-state index contributed by atoms with van der Waals surface area (Å²) >= 11 is 0. The molecule has 0 bridgehead atoms. The Morgan fingerprint density at radius 3 is 2.32 bits per heavy atom. The number of carboxylic acid groups (broad SMARTS) is 1. The Kier molecular flexibility index (Phi) is 3.68. The predicted molar refractivity (Wildman–Crippen MR) is 74.4 cm³/mol. The minimum Gasteiger partial charge on any atom is -0.481 e. The second kappa shape index (κ2) is 4.97. The third-order valence-corrected chi connectivity index (χ3v) is 4.17. The Balaban J connectivity index is 2.50. The number of rotatable bonds is 4. The summed E-state index contributed by atoms with van der Waals surface area (Å²) in [5.74, 6) is -1.04. The molecule has 0 aromatic heterocycles. The van der Waals surface area contributed by atoms with E-state index < -0.39 is 11.9 Å². The van der Waals surface area contributed by atoms with Crippen LogP contribution in [0, 0.1) is 25.7 Å². The molecule has 0 radical (unpaired) electrons. The number of benzene rings is 1. The maximum atomic E-state index is 11.7. The Bertz CT molecular complexity index is 487. The first-order valence-electron chi connectivity index (χ1n) is 6.77. The lowest BCUT2D eigenvalue weighted by molar-refractivity contribution is -0.161. The summed E-state index contributed by atoms with van der Waals surface area (Å²) in [4.78, 5) is 11.7. The van der Waals surface area contributed by atoms with Crippen LogP contribution < -0.4 is 0 Å². The van der Waals surface area contributed by atoms with E-state index in [0.717, 1.165) is 11.1 Å². The van der Waals surface area contributed by atoms with Crippen molar-refractivity contribution in [2.24, 2.45) is 11.8 Å². The zero-order valence-electron chi connectivity index (χ0n) is 12.1. The van der Waals surface area contributed by atoms with E-state index in [0.29, 0.717) is 13.2 Å². The van der Waals surface area contributed by atoms with Gasteiger partial charge < -0.3 is 9.84 Å². The lowest BCUT2D eigenvalue weighted by Crippen LogP contribution is -2.56. The van der Waals surface area contributed by atoms with Crippen molar-refractivity contribution in [1.82, 2.24) is 0 Å². The normalized spacial score (nSPS) is 19.0. The standard InChI is InChI=1S/C16H22O3/c1-10(2)14(15(17)18)16(8-19-9-16)13-6-5-11(3)7-12(13)4/h5-7,10,14H,8-9H2,1-4H3,(H,17,18). The van der Waals surface area contributed by atoms with E-state index in [2.05, 4.69) is 32.0 Å². The summed E-state index contributed by atoms with van der Waals surface area (Å²) in [7, 11) is 0. The Hall–Kier alpha value is -1.35. The van der Waals surface area contributed by atoms with Gasteiger partial charge in [0, 0.05) is 0 Å². The molecule has 1 atom stereocenters. The van der Waals surface area contributed by atoms with E-state index in [-0.39, 0.29) is 11.3 Å². The van der Waals surface area contributed by atoms with Crippen LogP contribution in [0.4, 0.5) is 0 Å². The van der Waals surface area contributed by atoms with Crippen molar-refractivity contribution in [3.63, 3.8) is 0 Å². The summed E-state index contributed by atoms with van der Waals surface area (Å²) in [6.07, 6.45) is 0. The molecule has 1 aliphatic rings. The molecule has 1 aliphatic heterocycles. The number of aryl methyl sites for hydroxylation is 2. The number of hydrogen-bond acceptors (Lipinski definition) is 2. The van der Waals surface area contributed by atoms with Crippen molar-refractivity contribution in [1.29, 1.82) is 0 Å². The largest absolute Gasteiger partial charge is 0.481 e. The van der Waals surface area contributed by atoms with Crippen LogP contribution in [0.2, 0.25) is 0 Å². The van der Waals surface area contributed by atoms with Crippen molar-refractivity contribution >= 4 is 5.97 Å². The van der Waals surface area contributed by atoms with Crippen molar-refractivity contribution in [3.8, 4) is 0 Å². The predicted octanol–water partition coefficient (Wildman–Crippen LogP) is 2.93. The van der Waals surface area contributed by atoms with Gasteiger partial charge in [-0.15, -0.1) is 0 Å². The first kappa shape index (κ1) is 14.1. The maximum Gasteiger partial charge on any atom is 0.307 e. The Morgan fingerprint density at radius 1 is 1.32 bits per heavy atom. The van der Waals surface area contributed by atoms with Gasteiger partial charge in [0.2, 0.25) is 0 Å². The van der Waals surface area contributed by atoms with E-state index >= 15 is 0 Å². The molecule has 3 nitrogen and oxygen atoms in total. The zero-order chi connectivity index (χ0) is 14.2. The minimum absolute atomic E-state index is 0.0853. The molecule has 1 aromatic carbocycles. The zero-order valence-corrected chi connectivity index (χ0v) is 12.1. The second-order valence-electron chi connectivity index (χ2n) is 6.03. The minimum atomic E-state index is -0.724. The third kappa shape index (κ3) is 2.27. The van der Waals surface area contributed by atoms with Crippen LogP contribution >= 0.6 is 0 Å². The molecule has 0 spiro atoms. The molecule has 3 heteroatoms. The summed E-state index contributed by atoms with van der Waals surface area (Å²) in [5, 5.41) is 9.60. The second-order valence-corrected chi connectivity index (χ2v) is 6.03. The molecule has 1 aromatic rings. The average Bonchev–Trinajstić information content (AvgIpc) is 2.22. The first-order valence-corrected chi connectivity index (χ1v) is 6.77. The molecule has 1 N–H and O–H groups in total. The maximum absolute atomic E-state index is 11.7. The number of carbonyl (C=O) groups is 1. The highest BCUT2D eigenvalue weighted by molar-refractivity contribution is 5.73. The number of carboxylic acids is 1. The molecule has 1 fully saturated rings. The smallest absolute Gasteiger partial charge is 0.307 e. The van der Waals surface area contributed by atoms with Gasteiger partial charge in [0.15, 0.2) is 0 Å². The van der Waals surface area contributed by atoms with E-state index in [4.69, 9.17) is 4.74 Å². The van der Waals surface area contributed by atoms with E-state index in [1.807, 2.05) is 13.8 Å². The lowest BCUT2D eigenvalue weighted by Gasteiger charge is -2.48. The van der Waals surface area contributed by atoms with Gasteiger partial charge in [-0.2, -0.15) is 0 Å². The molecule has 1 saturated heterocycles. The van der Waals surface area contributed by atoms with Crippen LogP contribution in [0.25, 0.3) is 0 Å². The number of aliphatic carboxylic acids is 1. The molecular formula is C16H22O3. The number of ether oxygens (including phenoxy) is 1. The van der Waals surface area contributed by atoms with Crippen molar-refractivity contribution in [3.05, 3.63) is 34.9 Å². The van der Waals surface area contributed by atoms with E-state index in [1.165, 1.54) is 5.56 Å². The van der Waals surface area contributed by atoms with Gasteiger partial charge in [-0.05, 0) is 30.9 Å². The van der Waals surface area contributed by atoms with Crippen LogP contribution in [0.5, 0.6) is 0 Å². The van der Waals surface area contributed by atoms with Gasteiger partial charge in [0.1, 0.15) is 0 Å². The molecule has 0 amide bonds. The monoisotopic (exact) mass is 262 g/mol. The lowest BCUT2D eigenvalue weighted by atomic mass is 9.63. The van der Waals surface area contributed by atoms with Gasteiger partial charge in [-0.1, -0.05) is 37.6 Å². The van der Waals surface area contributed by atoms with Crippen LogP contribution in [-0.2, 0) is 14.9 Å². The summed E-state index contributed by atoms with van der Waals surface area (Å²) < 4.78 is 5.40. The van der Waals surface area contributed by atoms with Crippen molar-refractivity contribution in [2.45, 2.75) is 33.1 Å². The number of hydrogen-bond donors (Lipinski definition) is 1. The van der Waals surface area contributed by atoms with Crippen LogP contribution in [0.1, 0.15) is 30.5 Å². The van der Waals surface area contributed by atoms with Gasteiger partial charge in [-0.25, -0.2) is 0 Å². The fourth-order valence-electron chi connectivity index (χ4n) is 3.36. The highest BCUT2D eigenvalue weighted by atomic mass is 16.5. The van der Waals surface area contributed by atoms with Gasteiger partial charge in [0.25, 0.3) is 0 Å². The Morgan fingerprint density at radius 2 is 1.95 bits per heavy atom. The third-order valence-electron chi connectivity index (χ3n) is 4.17. The van der Waals surface area contributed by atoms with Gasteiger partial charge in [0.05, 0.1) is 24.5 Å². The topological polar surface area (TPSA) is 46.5 Å². The van der Waals surface area contributed by atoms with Crippen molar-refractivity contribution in [2.75, 3.05) is 13.2 Å². The molecule has 0 saturated carbocycles. The summed E-state index contributed by atoms with van der Waals surface area (Å²) in [5.41, 5.74) is 3.13. The average molecular weight is 262 g/mol. The molecule has 1 unspecified atom stereocenters. The summed E-state index contributed by atoms with van der Waals surface area (Å²) in [6, 6.07) is 6.25. The SMILES string of the molecule is Cc1ccc(C2(C(C(=O)O)C(C)C)COC2)c(C)c1. The van der Waals surface area contributed by atoms with E-state index in [9.17, 15) is 9.90 Å². The van der Waals surface area contributed by atoms with Crippen LogP contribution in [0.15, 0.2) is 18.2 Å². The van der Waals surface area contributed by atoms with E-state index in [1.54, 1.807) is 0 Å². The molecule has 2 rings (SSSR count). The highest BCUT2D eigenvalue weighted by Crippen LogP contribution is 2.44. The molecule has 1 heterocycles. The van der Waals surface area contributed by atoms with Crippen LogP contribution in [-0.4, -0.2) is 24.3 Å².